The third-order valence-corrected chi connectivity index (χ3v) is 14.3. The smallest absolute Gasteiger partial charge is 0.312 e. The van der Waals surface area contributed by atoms with Crippen molar-refractivity contribution < 1.29 is 19.4 Å². The summed E-state index contributed by atoms with van der Waals surface area (Å²) in [7, 11) is 0. The van der Waals surface area contributed by atoms with Gasteiger partial charge in [0, 0.05) is 5.92 Å². The first-order valence-corrected chi connectivity index (χ1v) is 16.3. The van der Waals surface area contributed by atoms with Crippen molar-refractivity contribution in [2.24, 2.45) is 50.2 Å². The third-order valence-electron chi connectivity index (χ3n) is 14.3. The number of fused-ring (bicyclic) bond motifs is 7. The van der Waals surface area contributed by atoms with E-state index >= 15 is 0 Å². The van der Waals surface area contributed by atoms with Crippen LogP contribution in [0.5, 0.6) is 0 Å². The third kappa shape index (κ3) is 4.01. The van der Waals surface area contributed by atoms with Gasteiger partial charge in [-0.05, 0) is 115 Å². The lowest BCUT2D eigenvalue weighted by Crippen LogP contribution is -2.66. The second-order valence-electron chi connectivity index (χ2n) is 16.7. The molecule has 0 spiro atoms. The Morgan fingerprint density at radius 1 is 0.902 bits per heavy atom. The highest BCUT2D eigenvalue weighted by atomic mass is 16.5. The molecule has 0 radical (unpaired) electrons. The number of carbonyl (C=O) groups excluding carboxylic acids is 2. The van der Waals surface area contributed by atoms with Gasteiger partial charge in [0.25, 0.3) is 0 Å². The van der Waals surface area contributed by atoms with Gasteiger partial charge in [-0.3, -0.25) is 9.59 Å². The maximum absolute atomic E-state index is 14.5. The molecule has 224 valence electrons. The summed E-state index contributed by atoms with van der Waals surface area (Å²) in [6.07, 6.45) is 10.4. The summed E-state index contributed by atoms with van der Waals surface area (Å²) in [5, 5.41) is 11.0. The van der Waals surface area contributed by atoms with Crippen LogP contribution in [-0.2, 0) is 20.9 Å². The first kappa shape index (κ1) is 29.1. The van der Waals surface area contributed by atoms with Crippen LogP contribution >= 0.6 is 0 Å². The van der Waals surface area contributed by atoms with Crippen LogP contribution in [-0.4, -0.2) is 23.0 Å². The Morgan fingerprint density at radius 2 is 1.59 bits per heavy atom. The molecule has 1 N–H and O–H groups in total. The highest BCUT2D eigenvalue weighted by Gasteiger charge is 2.70. The average molecular weight is 561 g/mol. The Bertz CT molecular complexity index is 1260. The van der Waals surface area contributed by atoms with Crippen molar-refractivity contribution in [2.75, 3.05) is 0 Å². The van der Waals surface area contributed by atoms with Gasteiger partial charge in [-0.15, -0.1) is 0 Å². The molecule has 4 fully saturated rings. The lowest BCUT2D eigenvalue weighted by Gasteiger charge is -2.70. The molecule has 0 saturated heterocycles. The van der Waals surface area contributed by atoms with E-state index in [4.69, 9.17) is 4.74 Å². The molecule has 0 heterocycles. The predicted molar refractivity (Wildman–Crippen MR) is 162 cm³/mol. The number of hydrogen-bond donors (Lipinski definition) is 1. The molecule has 1 aromatic carbocycles. The van der Waals surface area contributed by atoms with E-state index in [9.17, 15) is 14.7 Å². The van der Waals surface area contributed by atoms with Crippen molar-refractivity contribution in [3.8, 4) is 0 Å². The molecule has 0 amide bonds. The molecule has 1 aromatic rings. The lowest BCUT2D eigenvalue weighted by molar-refractivity contribution is -0.202. The van der Waals surface area contributed by atoms with Crippen molar-refractivity contribution >= 4 is 11.8 Å². The minimum Gasteiger partial charge on any atom is -0.460 e. The maximum atomic E-state index is 14.5. The van der Waals surface area contributed by atoms with Gasteiger partial charge in [-0.25, -0.2) is 0 Å². The van der Waals surface area contributed by atoms with Crippen molar-refractivity contribution in [3.63, 3.8) is 0 Å². The zero-order valence-electron chi connectivity index (χ0n) is 26.5. The van der Waals surface area contributed by atoms with E-state index in [1.807, 2.05) is 30.3 Å². The second-order valence-corrected chi connectivity index (χ2v) is 16.7. The standard InChI is InChI=1S/C37H52O4/c1-32(2)28-13-16-37(7)30(35(28,5)15-14-29(32)39)27(38)21-25-26-22-34(4,18-17-33(26,3)19-20-36(25,37)6)31(40)41-23-24-11-9-8-10-12-24/h8-12,21,26,28-30,39H,13-20,22-23H2,1-7H3/t26?,28?,29-,30?,33+,34-,35-,36+,37+/m0/s1. The number of aliphatic hydroxyl groups excluding tert-OH is 1. The van der Waals surface area contributed by atoms with E-state index in [0.29, 0.717) is 18.3 Å². The van der Waals surface area contributed by atoms with Crippen LogP contribution in [0.25, 0.3) is 0 Å². The monoisotopic (exact) mass is 560 g/mol. The number of allylic oxidation sites excluding steroid dienone is 2. The number of benzene rings is 1. The second kappa shape index (κ2) is 9.28. The van der Waals surface area contributed by atoms with Crippen molar-refractivity contribution in [3.05, 3.63) is 47.5 Å². The van der Waals surface area contributed by atoms with Crippen LogP contribution in [0.15, 0.2) is 42.0 Å². The minimum atomic E-state index is -0.550. The molecule has 4 nitrogen and oxygen atoms in total. The summed E-state index contributed by atoms with van der Waals surface area (Å²) in [4.78, 5) is 28.1. The normalized spacial score (nSPS) is 46.7. The van der Waals surface area contributed by atoms with Crippen LogP contribution in [0.2, 0.25) is 0 Å². The van der Waals surface area contributed by atoms with Gasteiger partial charge in [-0.1, -0.05) is 77.4 Å². The maximum Gasteiger partial charge on any atom is 0.312 e. The molecule has 41 heavy (non-hydrogen) atoms. The number of hydrogen-bond acceptors (Lipinski definition) is 4. The van der Waals surface area contributed by atoms with Crippen LogP contribution in [0.3, 0.4) is 0 Å². The van der Waals surface area contributed by atoms with E-state index in [-0.39, 0.29) is 51.0 Å². The first-order chi connectivity index (χ1) is 19.1. The van der Waals surface area contributed by atoms with Crippen molar-refractivity contribution in [2.45, 2.75) is 119 Å². The number of ketones is 1. The summed E-state index contributed by atoms with van der Waals surface area (Å²) in [6, 6.07) is 9.93. The number of aliphatic hydroxyl groups is 1. The zero-order chi connectivity index (χ0) is 29.6. The fourth-order valence-electron chi connectivity index (χ4n) is 11.3. The molecule has 0 aliphatic heterocycles. The highest BCUT2D eigenvalue weighted by Crippen LogP contribution is 2.75. The number of esters is 1. The Hall–Kier alpha value is -1.94. The molecule has 0 bridgehead atoms. The molecular weight excluding hydrogens is 508 g/mol. The van der Waals surface area contributed by atoms with Gasteiger partial charge in [0.1, 0.15) is 6.61 Å². The van der Waals surface area contributed by atoms with Crippen LogP contribution in [0.4, 0.5) is 0 Å². The van der Waals surface area contributed by atoms with Gasteiger partial charge in [-0.2, -0.15) is 0 Å². The summed E-state index contributed by atoms with van der Waals surface area (Å²) >= 11 is 0. The van der Waals surface area contributed by atoms with E-state index in [0.717, 1.165) is 63.4 Å². The number of ether oxygens (including phenoxy) is 1. The summed E-state index contributed by atoms with van der Waals surface area (Å²) in [6.45, 7) is 16.5. The SMILES string of the molecule is CC1(C)C2CC[C@]3(C)C(C(=O)C=C4C5C[C@@](C)(C(=O)OCc6ccccc6)CC[C@]5(C)CC[C@]43C)[C@@]2(C)CC[C@@H]1O. The largest absolute Gasteiger partial charge is 0.460 e. The molecule has 4 heteroatoms. The molecule has 6 rings (SSSR count). The Labute approximate surface area is 247 Å². The lowest BCUT2D eigenvalue weighted by atomic mass is 9.33. The van der Waals surface area contributed by atoms with Gasteiger partial charge in [0.05, 0.1) is 11.5 Å². The van der Waals surface area contributed by atoms with Crippen LogP contribution in [0.1, 0.15) is 112 Å². The molecule has 3 unspecified atom stereocenters. The van der Waals surface area contributed by atoms with Gasteiger partial charge in [0.2, 0.25) is 0 Å². The topological polar surface area (TPSA) is 63.6 Å². The van der Waals surface area contributed by atoms with Crippen molar-refractivity contribution in [1.82, 2.24) is 0 Å². The zero-order valence-corrected chi connectivity index (χ0v) is 26.5. The highest BCUT2D eigenvalue weighted by molar-refractivity contribution is 5.95. The first-order valence-electron chi connectivity index (χ1n) is 16.3. The van der Waals surface area contributed by atoms with Crippen LogP contribution in [0, 0.1) is 50.2 Å². The quantitative estimate of drug-likeness (QED) is 0.380. The molecule has 4 saturated carbocycles. The van der Waals surface area contributed by atoms with E-state index < -0.39 is 5.41 Å². The predicted octanol–water partition coefficient (Wildman–Crippen LogP) is 8.07. The van der Waals surface area contributed by atoms with Crippen molar-refractivity contribution in [1.29, 1.82) is 0 Å². The van der Waals surface area contributed by atoms with Gasteiger partial charge >= 0.3 is 5.97 Å². The fourth-order valence-corrected chi connectivity index (χ4v) is 11.3. The molecule has 0 aromatic heterocycles. The van der Waals surface area contributed by atoms with E-state index in [2.05, 4.69) is 54.5 Å². The number of carbonyl (C=O) groups is 2. The number of rotatable bonds is 3. The molecule has 5 aliphatic rings. The molecule has 9 atom stereocenters. The summed E-state index contributed by atoms with van der Waals surface area (Å²) < 4.78 is 5.93. The van der Waals surface area contributed by atoms with Gasteiger partial charge < -0.3 is 9.84 Å². The molecule has 5 aliphatic carbocycles. The summed E-state index contributed by atoms with van der Waals surface area (Å²) in [5.74, 6) is 0.734. The van der Waals surface area contributed by atoms with Gasteiger partial charge in [0.15, 0.2) is 5.78 Å². The minimum absolute atomic E-state index is 0.0237. The fraction of sp³-hybridized carbons (Fsp3) is 0.730. The average Bonchev–Trinajstić information content (AvgIpc) is 2.92. The Morgan fingerprint density at radius 3 is 2.29 bits per heavy atom. The van der Waals surface area contributed by atoms with Crippen LogP contribution < -0.4 is 0 Å². The van der Waals surface area contributed by atoms with E-state index in [1.54, 1.807) is 0 Å². The summed E-state index contributed by atoms with van der Waals surface area (Å²) in [5.41, 5.74) is 1.40. The Balaban J connectivity index is 1.34. The molecular formula is C37H52O4. The Kier molecular flexibility index (Phi) is 6.60. The van der Waals surface area contributed by atoms with E-state index in [1.165, 1.54) is 5.57 Å².